The first-order valence-corrected chi connectivity index (χ1v) is 9.27. The monoisotopic (exact) mass is 341 g/mol. The molecule has 2 aliphatic rings. The van der Waals surface area contributed by atoms with E-state index in [1.54, 1.807) is 0 Å². The number of aromatic nitrogens is 2. The Kier molecular flexibility index (Phi) is 4.63. The number of benzene rings is 1. The van der Waals surface area contributed by atoms with Crippen LogP contribution in [0.15, 0.2) is 30.3 Å². The summed E-state index contributed by atoms with van der Waals surface area (Å²) in [6.45, 7) is 3.81. The fourth-order valence-electron chi connectivity index (χ4n) is 4.23. The Bertz CT molecular complexity index is 736. The van der Waals surface area contributed by atoms with Gasteiger partial charge in [-0.15, -0.1) is 0 Å². The maximum Gasteiger partial charge on any atom is 0.0775 e. The molecule has 3 atom stereocenters. The van der Waals surface area contributed by atoms with Crippen LogP contribution in [0.3, 0.4) is 0 Å². The molecule has 2 heterocycles. The Morgan fingerprint density at radius 3 is 2.84 bits per heavy atom. The summed E-state index contributed by atoms with van der Waals surface area (Å²) in [5.74, 6) is 0.499. The molecule has 1 aromatic heterocycles. The first kappa shape index (κ1) is 16.8. The molecule has 25 heavy (non-hydrogen) atoms. The highest BCUT2D eigenvalue weighted by Gasteiger charge is 2.32. The van der Waals surface area contributed by atoms with E-state index in [-0.39, 0.29) is 18.2 Å². The second-order valence-electron chi connectivity index (χ2n) is 7.34. The number of nitrogens with one attached hydrogen (secondary N) is 1. The zero-order chi connectivity index (χ0) is 17.4. The van der Waals surface area contributed by atoms with E-state index in [0.29, 0.717) is 5.92 Å². The Labute approximate surface area is 149 Å². The fraction of sp³-hybridized carbons (Fsp3) is 0.550. The third kappa shape index (κ3) is 3.24. The van der Waals surface area contributed by atoms with Crippen molar-refractivity contribution < 1.29 is 9.84 Å². The molecule has 4 rings (SSSR count). The van der Waals surface area contributed by atoms with Crippen LogP contribution in [0.25, 0.3) is 0 Å². The van der Waals surface area contributed by atoms with Crippen molar-refractivity contribution in [2.75, 3.05) is 13.2 Å². The molecular weight excluding hydrogens is 314 g/mol. The van der Waals surface area contributed by atoms with Crippen LogP contribution in [0, 0.1) is 0 Å². The lowest BCUT2D eigenvalue weighted by atomic mass is 9.96. The first-order chi connectivity index (χ1) is 12.1. The average molecular weight is 341 g/mol. The van der Waals surface area contributed by atoms with Crippen molar-refractivity contribution in [1.82, 2.24) is 15.1 Å². The van der Waals surface area contributed by atoms with E-state index in [4.69, 9.17) is 9.84 Å². The Morgan fingerprint density at radius 2 is 2.04 bits per heavy atom. The second-order valence-corrected chi connectivity index (χ2v) is 7.34. The summed E-state index contributed by atoms with van der Waals surface area (Å²) in [4.78, 5) is 0. The average Bonchev–Trinajstić information content (AvgIpc) is 3.16. The van der Waals surface area contributed by atoms with Crippen LogP contribution >= 0.6 is 0 Å². The Morgan fingerprint density at radius 1 is 1.28 bits per heavy atom. The molecule has 1 aliphatic heterocycles. The van der Waals surface area contributed by atoms with Crippen molar-refractivity contribution in [3.8, 4) is 0 Å². The number of ether oxygens (including phenoxy) is 1. The highest BCUT2D eigenvalue weighted by Crippen LogP contribution is 2.34. The number of fused-ring (bicyclic) bond motifs is 1. The molecule has 1 fully saturated rings. The Hall–Kier alpha value is -1.69. The van der Waals surface area contributed by atoms with Crippen molar-refractivity contribution in [3.05, 3.63) is 52.8 Å². The minimum Gasteiger partial charge on any atom is -0.391 e. The van der Waals surface area contributed by atoms with E-state index in [9.17, 15) is 5.11 Å². The summed E-state index contributed by atoms with van der Waals surface area (Å²) in [7, 11) is 2.01. The highest BCUT2D eigenvalue weighted by atomic mass is 16.5. The summed E-state index contributed by atoms with van der Waals surface area (Å²) in [5, 5.41) is 18.9. The minimum atomic E-state index is -0.372. The van der Waals surface area contributed by atoms with Crippen molar-refractivity contribution in [3.63, 3.8) is 0 Å². The van der Waals surface area contributed by atoms with Crippen LogP contribution in [0.2, 0.25) is 0 Å². The second kappa shape index (κ2) is 6.90. The van der Waals surface area contributed by atoms with E-state index >= 15 is 0 Å². The van der Waals surface area contributed by atoms with Crippen LogP contribution in [0.4, 0.5) is 0 Å². The van der Waals surface area contributed by atoms with Crippen molar-refractivity contribution >= 4 is 0 Å². The van der Waals surface area contributed by atoms with Gasteiger partial charge in [-0.2, -0.15) is 5.10 Å². The van der Waals surface area contributed by atoms with Crippen molar-refractivity contribution in [2.24, 2.45) is 7.05 Å². The molecule has 1 unspecified atom stereocenters. The number of hydrogen-bond donors (Lipinski definition) is 2. The number of aliphatic hydroxyl groups excluding tert-OH is 1. The predicted octanol–water partition coefficient (Wildman–Crippen LogP) is 2.62. The fourth-order valence-corrected chi connectivity index (χ4v) is 4.23. The molecule has 0 amide bonds. The summed E-state index contributed by atoms with van der Waals surface area (Å²) < 4.78 is 7.45. The highest BCUT2D eigenvalue weighted by molar-refractivity contribution is 5.36. The minimum absolute atomic E-state index is 0.0207. The lowest BCUT2D eigenvalue weighted by molar-refractivity contribution is 0.0844. The standard InChI is InChI=1S/C20H27N3O2/c1-13(21-20-16-6-4-3-5-15(16)11-19(20)24)18-12-17(22-23(18)2)14-7-9-25-10-8-14/h3-6,12-14,19-21,24H,7-11H2,1-2H3/t13?,19-,20+/m0/s1. The van der Waals surface area contributed by atoms with Gasteiger partial charge in [0.05, 0.1) is 23.5 Å². The van der Waals surface area contributed by atoms with Gasteiger partial charge < -0.3 is 9.84 Å². The van der Waals surface area contributed by atoms with E-state index < -0.39 is 0 Å². The van der Waals surface area contributed by atoms with Crippen LogP contribution in [0.5, 0.6) is 0 Å². The molecule has 5 nitrogen and oxygen atoms in total. The summed E-state index contributed by atoms with van der Waals surface area (Å²) in [6, 6.07) is 10.6. The number of hydrogen-bond acceptors (Lipinski definition) is 4. The van der Waals surface area contributed by atoms with Gasteiger partial charge in [0.2, 0.25) is 0 Å². The number of rotatable bonds is 4. The molecule has 0 bridgehead atoms. The largest absolute Gasteiger partial charge is 0.391 e. The van der Waals surface area contributed by atoms with Gasteiger partial charge in [-0.3, -0.25) is 10.00 Å². The van der Waals surface area contributed by atoms with Crippen LogP contribution < -0.4 is 5.32 Å². The molecule has 1 aliphatic carbocycles. The summed E-state index contributed by atoms with van der Waals surface area (Å²) in [5.41, 5.74) is 4.79. The quantitative estimate of drug-likeness (QED) is 0.897. The number of aliphatic hydroxyl groups is 1. The third-order valence-electron chi connectivity index (χ3n) is 5.65. The van der Waals surface area contributed by atoms with Gasteiger partial charge in [-0.05, 0) is 37.0 Å². The SMILES string of the molecule is CC(N[C@@H]1c2ccccc2C[C@@H]1O)c1cc(C2CCOCC2)nn1C. The normalized spacial score (nSPS) is 25.1. The molecule has 0 spiro atoms. The van der Waals surface area contributed by atoms with Gasteiger partial charge in [0.25, 0.3) is 0 Å². The molecule has 2 aromatic rings. The predicted molar refractivity (Wildman–Crippen MR) is 96.4 cm³/mol. The van der Waals surface area contributed by atoms with E-state index in [1.807, 2.05) is 23.9 Å². The molecule has 5 heteroatoms. The van der Waals surface area contributed by atoms with E-state index in [2.05, 4.69) is 30.4 Å². The lowest BCUT2D eigenvalue weighted by Gasteiger charge is -2.23. The van der Waals surface area contributed by atoms with Crippen molar-refractivity contribution in [1.29, 1.82) is 0 Å². The van der Waals surface area contributed by atoms with E-state index in [1.165, 1.54) is 16.8 Å². The maximum atomic E-state index is 10.5. The zero-order valence-electron chi connectivity index (χ0n) is 15.0. The zero-order valence-corrected chi connectivity index (χ0v) is 15.0. The van der Waals surface area contributed by atoms with E-state index in [0.717, 1.165) is 38.2 Å². The van der Waals surface area contributed by atoms with Gasteiger partial charge in [-0.1, -0.05) is 24.3 Å². The van der Waals surface area contributed by atoms with Gasteiger partial charge >= 0.3 is 0 Å². The van der Waals surface area contributed by atoms with Crippen LogP contribution in [0.1, 0.15) is 60.3 Å². The molecule has 1 aromatic carbocycles. The van der Waals surface area contributed by atoms with Crippen molar-refractivity contribution in [2.45, 2.75) is 50.3 Å². The maximum absolute atomic E-state index is 10.5. The Balaban J connectivity index is 1.51. The van der Waals surface area contributed by atoms with Gasteiger partial charge in [0.1, 0.15) is 0 Å². The third-order valence-corrected chi connectivity index (χ3v) is 5.65. The smallest absolute Gasteiger partial charge is 0.0775 e. The molecular formula is C20H27N3O2. The summed E-state index contributed by atoms with van der Waals surface area (Å²) in [6.07, 6.45) is 2.45. The molecule has 1 saturated heterocycles. The van der Waals surface area contributed by atoms with Crippen LogP contribution in [-0.2, 0) is 18.2 Å². The molecule has 0 radical (unpaired) electrons. The van der Waals surface area contributed by atoms with Gasteiger partial charge in [-0.25, -0.2) is 0 Å². The molecule has 134 valence electrons. The van der Waals surface area contributed by atoms with Gasteiger partial charge in [0.15, 0.2) is 0 Å². The topological polar surface area (TPSA) is 59.3 Å². The van der Waals surface area contributed by atoms with Crippen LogP contribution in [-0.4, -0.2) is 34.2 Å². The lowest BCUT2D eigenvalue weighted by Crippen LogP contribution is -2.31. The molecule has 2 N–H and O–H groups in total. The summed E-state index contributed by atoms with van der Waals surface area (Å²) >= 11 is 0. The van der Waals surface area contributed by atoms with Gasteiger partial charge in [0, 0.05) is 38.6 Å². The first-order valence-electron chi connectivity index (χ1n) is 9.27. The number of aryl methyl sites for hydroxylation is 1. The number of nitrogens with zero attached hydrogens (tertiary/aromatic N) is 2. The molecule has 0 saturated carbocycles.